The Morgan fingerprint density at radius 1 is 1.22 bits per heavy atom. The number of hydrogen-bond acceptors (Lipinski definition) is 6. The second kappa shape index (κ2) is 8.53. The van der Waals surface area contributed by atoms with Crippen molar-refractivity contribution in [2.75, 3.05) is 19.8 Å². The number of esters is 1. The van der Waals surface area contributed by atoms with Crippen LogP contribution in [-0.2, 0) is 20.9 Å². The third-order valence-electron chi connectivity index (χ3n) is 4.31. The zero-order valence-electron chi connectivity index (χ0n) is 15.1. The molecule has 0 unspecified atom stereocenters. The highest BCUT2D eigenvalue weighted by Gasteiger charge is 2.35. The van der Waals surface area contributed by atoms with Crippen LogP contribution in [0.5, 0.6) is 5.75 Å². The second-order valence-corrected chi connectivity index (χ2v) is 6.24. The number of furan rings is 1. The number of ether oxygens (including phenoxy) is 2. The van der Waals surface area contributed by atoms with Crippen molar-refractivity contribution < 1.29 is 28.3 Å². The summed E-state index contributed by atoms with van der Waals surface area (Å²) in [6, 6.07) is 10.2. The molecule has 1 aliphatic rings. The molecule has 1 fully saturated rings. The van der Waals surface area contributed by atoms with Gasteiger partial charge in [-0.1, -0.05) is 0 Å². The number of hydrogen-bond donors (Lipinski definition) is 0. The molecule has 2 heterocycles. The van der Waals surface area contributed by atoms with Gasteiger partial charge in [-0.25, -0.2) is 0 Å². The quantitative estimate of drug-likeness (QED) is 0.523. The molecule has 1 aromatic heterocycles. The molecule has 7 heteroatoms. The smallest absolute Gasteiger partial charge is 0.311 e. The number of likely N-dealkylation sites (tertiary alicyclic amines) is 1. The van der Waals surface area contributed by atoms with E-state index in [1.54, 1.807) is 41.3 Å². The van der Waals surface area contributed by atoms with Crippen LogP contribution in [0.15, 0.2) is 47.1 Å². The van der Waals surface area contributed by atoms with E-state index in [4.69, 9.17) is 13.9 Å². The van der Waals surface area contributed by atoms with Gasteiger partial charge in [-0.05, 0) is 43.3 Å². The molecular formula is C20H21NO6. The van der Waals surface area contributed by atoms with Gasteiger partial charge in [-0.15, -0.1) is 0 Å². The predicted molar refractivity (Wildman–Crippen MR) is 95.1 cm³/mol. The normalized spacial score (nSPS) is 16.4. The molecule has 3 rings (SSSR count). The van der Waals surface area contributed by atoms with Gasteiger partial charge in [-0.3, -0.25) is 14.4 Å². The van der Waals surface area contributed by atoms with Gasteiger partial charge < -0.3 is 18.8 Å². The monoisotopic (exact) mass is 371 g/mol. The lowest BCUT2D eigenvalue weighted by molar-refractivity contribution is -0.147. The minimum Gasteiger partial charge on any atom is -0.494 e. The Morgan fingerprint density at radius 2 is 2.00 bits per heavy atom. The second-order valence-electron chi connectivity index (χ2n) is 6.24. The molecule has 142 valence electrons. The molecule has 1 amide bonds. The van der Waals surface area contributed by atoms with Gasteiger partial charge >= 0.3 is 5.97 Å². The summed E-state index contributed by atoms with van der Waals surface area (Å²) < 4.78 is 15.7. The third-order valence-corrected chi connectivity index (χ3v) is 4.31. The van der Waals surface area contributed by atoms with E-state index in [1.807, 2.05) is 6.92 Å². The first kappa shape index (κ1) is 18.7. The molecule has 0 N–H and O–H groups in total. The average molecular weight is 371 g/mol. The topological polar surface area (TPSA) is 86.0 Å². The van der Waals surface area contributed by atoms with Gasteiger partial charge in [0.15, 0.2) is 12.4 Å². The summed E-state index contributed by atoms with van der Waals surface area (Å²) >= 11 is 0. The molecule has 1 atom stereocenters. The van der Waals surface area contributed by atoms with Crippen LogP contribution in [-0.4, -0.2) is 42.3 Å². The van der Waals surface area contributed by atoms with E-state index in [0.717, 1.165) is 0 Å². The van der Waals surface area contributed by atoms with Gasteiger partial charge in [0.1, 0.15) is 11.5 Å². The van der Waals surface area contributed by atoms with Crippen molar-refractivity contribution in [2.24, 2.45) is 5.92 Å². The molecular weight excluding hydrogens is 350 g/mol. The Morgan fingerprint density at radius 3 is 2.67 bits per heavy atom. The highest BCUT2D eigenvalue weighted by Crippen LogP contribution is 2.22. The molecule has 1 aliphatic heterocycles. The number of carbonyl (C=O) groups excluding carboxylic acids is 3. The summed E-state index contributed by atoms with van der Waals surface area (Å²) in [5.74, 6) is -0.213. The average Bonchev–Trinajstić information content (AvgIpc) is 3.31. The first-order chi connectivity index (χ1) is 13.1. The highest BCUT2D eigenvalue weighted by atomic mass is 16.5. The fourth-order valence-electron chi connectivity index (χ4n) is 2.92. The van der Waals surface area contributed by atoms with Crippen LogP contribution in [0, 0.1) is 5.92 Å². The first-order valence-corrected chi connectivity index (χ1v) is 8.79. The van der Waals surface area contributed by atoms with Crippen molar-refractivity contribution in [3.05, 3.63) is 54.0 Å². The maximum absolute atomic E-state index is 12.2. The Kier molecular flexibility index (Phi) is 5.90. The van der Waals surface area contributed by atoms with Crippen LogP contribution < -0.4 is 4.74 Å². The molecule has 0 aliphatic carbocycles. The van der Waals surface area contributed by atoms with E-state index in [-0.39, 0.29) is 31.3 Å². The lowest BCUT2D eigenvalue weighted by Crippen LogP contribution is -2.27. The van der Waals surface area contributed by atoms with E-state index in [2.05, 4.69) is 0 Å². The van der Waals surface area contributed by atoms with Crippen LogP contribution in [0.2, 0.25) is 0 Å². The number of Topliss-reactive ketones (excluding diaryl/α,β-unsaturated/α-hetero) is 1. The largest absolute Gasteiger partial charge is 0.494 e. The van der Waals surface area contributed by atoms with Gasteiger partial charge in [-0.2, -0.15) is 0 Å². The molecule has 1 saturated heterocycles. The van der Waals surface area contributed by atoms with Crippen LogP contribution in [0.3, 0.4) is 0 Å². The van der Waals surface area contributed by atoms with Crippen LogP contribution >= 0.6 is 0 Å². The molecule has 7 nitrogen and oxygen atoms in total. The fraction of sp³-hybridized carbons (Fsp3) is 0.350. The number of carbonyl (C=O) groups is 3. The van der Waals surface area contributed by atoms with Gasteiger partial charge in [0.2, 0.25) is 5.91 Å². The summed E-state index contributed by atoms with van der Waals surface area (Å²) in [7, 11) is 0. The summed E-state index contributed by atoms with van der Waals surface area (Å²) in [5.41, 5.74) is 0.438. The van der Waals surface area contributed by atoms with Crippen LogP contribution in [0.1, 0.15) is 29.5 Å². The molecule has 2 aromatic rings. The van der Waals surface area contributed by atoms with E-state index < -0.39 is 11.9 Å². The predicted octanol–water partition coefficient (Wildman–Crippen LogP) is 2.45. The standard InChI is InChI=1S/C20H21NO6/c1-2-25-16-7-5-14(6-8-16)18(22)13-27-20(24)15-10-19(23)21(11-15)12-17-4-3-9-26-17/h3-9,15H,2,10-13H2,1H3/t15-/m0/s1. The van der Waals surface area contributed by atoms with E-state index >= 15 is 0 Å². The van der Waals surface area contributed by atoms with Crippen molar-refractivity contribution in [3.63, 3.8) is 0 Å². The Labute approximate surface area is 156 Å². The number of benzene rings is 1. The Bertz CT molecular complexity index is 796. The zero-order valence-corrected chi connectivity index (χ0v) is 15.1. The van der Waals surface area contributed by atoms with Gasteiger partial charge in [0, 0.05) is 18.5 Å². The van der Waals surface area contributed by atoms with Crippen molar-refractivity contribution >= 4 is 17.7 Å². The zero-order chi connectivity index (χ0) is 19.2. The number of nitrogens with zero attached hydrogens (tertiary/aromatic N) is 1. The third kappa shape index (κ3) is 4.75. The van der Waals surface area contributed by atoms with Gasteiger partial charge in [0.25, 0.3) is 0 Å². The molecule has 0 bridgehead atoms. The molecule has 0 radical (unpaired) electrons. The van der Waals surface area contributed by atoms with Crippen LogP contribution in [0.4, 0.5) is 0 Å². The number of rotatable bonds is 8. The summed E-state index contributed by atoms with van der Waals surface area (Å²) in [6.07, 6.45) is 1.62. The number of amides is 1. The van der Waals surface area contributed by atoms with E-state index in [9.17, 15) is 14.4 Å². The Hall–Kier alpha value is -3.09. The molecule has 0 saturated carbocycles. The van der Waals surface area contributed by atoms with Crippen molar-refractivity contribution in [3.8, 4) is 5.75 Å². The Balaban J connectivity index is 1.48. The van der Waals surface area contributed by atoms with E-state index in [1.165, 1.54) is 6.26 Å². The summed E-state index contributed by atoms with van der Waals surface area (Å²) in [5, 5.41) is 0. The summed E-state index contributed by atoms with van der Waals surface area (Å²) in [6.45, 7) is 2.65. The van der Waals surface area contributed by atoms with Crippen molar-refractivity contribution in [2.45, 2.75) is 19.9 Å². The summed E-state index contributed by atoms with van der Waals surface area (Å²) in [4.78, 5) is 38.0. The molecule has 1 aromatic carbocycles. The highest BCUT2D eigenvalue weighted by molar-refractivity contribution is 5.98. The minimum atomic E-state index is -0.569. The molecule has 0 spiro atoms. The minimum absolute atomic E-state index is 0.0801. The van der Waals surface area contributed by atoms with Crippen molar-refractivity contribution in [1.82, 2.24) is 4.90 Å². The maximum Gasteiger partial charge on any atom is 0.311 e. The first-order valence-electron chi connectivity index (χ1n) is 8.79. The molecule has 27 heavy (non-hydrogen) atoms. The lowest BCUT2D eigenvalue weighted by Gasteiger charge is -2.14. The van der Waals surface area contributed by atoms with Crippen LogP contribution in [0.25, 0.3) is 0 Å². The SMILES string of the molecule is CCOc1ccc(C(=O)COC(=O)[C@H]2CC(=O)N(Cc3ccco3)C2)cc1. The fourth-order valence-corrected chi connectivity index (χ4v) is 2.92. The maximum atomic E-state index is 12.2. The van der Waals surface area contributed by atoms with Crippen molar-refractivity contribution in [1.29, 1.82) is 0 Å². The number of ketones is 1. The lowest BCUT2D eigenvalue weighted by atomic mass is 10.1. The van der Waals surface area contributed by atoms with Gasteiger partial charge in [0.05, 0.1) is 25.3 Å². The van der Waals surface area contributed by atoms with E-state index in [0.29, 0.717) is 30.2 Å².